The predicted molar refractivity (Wildman–Crippen MR) is 105 cm³/mol. The first kappa shape index (κ1) is 18.0. The third-order valence-electron chi connectivity index (χ3n) is 6.30. The highest BCUT2D eigenvalue weighted by Crippen LogP contribution is 2.50. The van der Waals surface area contributed by atoms with Crippen molar-refractivity contribution in [2.45, 2.75) is 37.3 Å². The number of hydrogen-bond donors (Lipinski definition) is 1. The van der Waals surface area contributed by atoms with Gasteiger partial charge in [0.05, 0.1) is 6.54 Å². The van der Waals surface area contributed by atoms with Crippen LogP contribution in [0, 0.1) is 0 Å². The molecule has 4 rings (SSSR count). The predicted octanol–water partition coefficient (Wildman–Crippen LogP) is 2.67. The van der Waals surface area contributed by atoms with Crippen molar-refractivity contribution in [3.63, 3.8) is 0 Å². The van der Waals surface area contributed by atoms with E-state index in [1.165, 1.54) is 11.1 Å². The molecule has 0 bridgehead atoms. The first-order valence-electron chi connectivity index (χ1n) is 9.75. The number of amides is 2. The highest BCUT2D eigenvalue weighted by Gasteiger charge is 2.45. The molecule has 2 heterocycles. The zero-order chi connectivity index (χ0) is 19.0. The third-order valence-corrected chi connectivity index (χ3v) is 6.30. The van der Waals surface area contributed by atoms with Gasteiger partial charge >= 0.3 is 6.03 Å². The van der Waals surface area contributed by atoms with E-state index in [2.05, 4.69) is 39.1 Å². The number of aromatic nitrogens is 2. The van der Waals surface area contributed by atoms with Crippen molar-refractivity contribution in [1.29, 1.82) is 0 Å². The summed E-state index contributed by atoms with van der Waals surface area (Å²) in [4.78, 5) is 20.4. The summed E-state index contributed by atoms with van der Waals surface area (Å²) in [5.74, 6) is 1.06. The molecule has 1 aliphatic heterocycles. The molecule has 2 aromatic rings. The SMILES string of the molecule is CN(C)C(=O)N1CCC2(CC1)CC(NCc1nccn1C)c1ccccc12. The highest BCUT2D eigenvalue weighted by atomic mass is 16.2. The Balaban J connectivity index is 1.50. The van der Waals surface area contributed by atoms with Gasteiger partial charge in [0.25, 0.3) is 0 Å². The van der Waals surface area contributed by atoms with Gasteiger partial charge < -0.3 is 19.7 Å². The Morgan fingerprint density at radius 1 is 1.30 bits per heavy atom. The summed E-state index contributed by atoms with van der Waals surface area (Å²) >= 11 is 0. The van der Waals surface area contributed by atoms with Gasteiger partial charge in [-0.15, -0.1) is 0 Å². The van der Waals surface area contributed by atoms with Crippen LogP contribution < -0.4 is 5.32 Å². The largest absolute Gasteiger partial charge is 0.337 e. The van der Waals surface area contributed by atoms with Crippen molar-refractivity contribution in [2.75, 3.05) is 27.2 Å². The number of nitrogens with zero attached hydrogens (tertiary/aromatic N) is 4. The topological polar surface area (TPSA) is 53.4 Å². The summed E-state index contributed by atoms with van der Waals surface area (Å²) in [6.45, 7) is 2.43. The second kappa shape index (κ2) is 7.00. The van der Waals surface area contributed by atoms with Crippen LogP contribution in [0.15, 0.2) is 36.7 Å². The average Bonchev–Trinajstić information content (AvgIpc) is 3.22. The van der Waals surface area contributed by atoms with Crippen LogP contribution >= 0.6 is 0 Å². The molecule has 1 N–H and O–H groups in total. The lowest BCUT2D eigenvalue weighted by Gasteiger charge is -2.41. The number of imidazole rings is 1. The molecule has 1 unspecified atom stereocenters. The average molecular weight is 367 g/mol. The fourth-order valence-electron chi connectivity index (χ4n) is 4.74. The van der Waals surface area contributed by atoms with E-state index in [9.17, 15) is 4.79 Å². The molecule has 1 spiro atoms. The normalized spacial score (nSPS) is 20.7. The van der Waals surface area contributed by atoms with E-state index in [1.807, 2.05) is 38.4 Å². The Kier molecular flexibility index (Phi) is 4.68. The van der Waals surface area contributed by atoms with Crippen molar-refractivity contribution >= 4 is 6.03 Å². The number of hydrogen-bond acceptors (Lipinski definition) is 3. The maximum Gasteiger partial charge on any atom is 0.319 e. The van der Waals surface area contributed by atoms with Crippen LogP contribution in [-0.2, 0) is 19.0 Å². The van der Waals surface area contributed by atoms with E-state index in [0.29, 0.717) is 6.04 Å². The second-order valence-electron chi connectivity index (χ2n) is 8.12. The van der Waals surface area contributed by atoms with Crippen molar-refractivity contribution in [3.05, 3.63) is 53.6 Å². The van der Waals surface area contributed by atoms with E-state index >= 15 is 0 Å². The number of benzene rings is 1. The van der Waals surface area contributed by atoms with Gasteiger partial charge in [-0.25, -0.2) is 9.78 Å². The lowest BCUT2D eigenvalue weighted by molar-refractivity contribution is 0.134. The summed E-state index contributed by atoms with van der Waals surface area (Å²) in [6.07, 6.45) is 6.99. The van der Waals surface area contributed by atoms with E-state index < -0.39 is 0 Å². The molecule has 6 heteroatoms. The van der Waals surface area contributed by atoms with Crippen LogP contribution in [0.25, 0.3) is 0 Å². The second-order valence-corrected chi connectivity index (χ2v) is 8.12. The first-order chi connectivity index (χ1) is 13.0. The van der Waals surface area contributed by atoms with Crippen LogP contribution in [0.3, 0.4) is 0 Å². The summed E-state index contributed by atoms with van der Waals surface area (Å²) in [5.41, 5.74) is 3.07. The van der Waals surface area contributed by atoms with Crippen LogP contribution in [0.5, 0.6) is 0 Å². The van der Waals surface area contributed by atoms with Crippen LogP contribution in [0.4, 0.5) is 4.79 Å². The number of carbonyl (C=O) groups is 1. The number of aryl methyl sites for hydroxylation is 1. The van der Waals surface area contributed by atoms with Gasteiger partial charge in [-0.1, -0.05) is 24.3 Å². The van der Waals surface area contributed by atoms with E-state index in [1.54, 1.807) is 4.90 Å². The first-order valence-corrected chi connectivity index (χ1v) is 9.75. The van der Waals surface area contributed by atoms with E-state index in [0.717, 1.165) is 44.7 Å². The minimum absolute atomic E-state index is 0.126. The number of urea groups is 1. The molecule has 6 nitrogen and oxygen atoms in total. The van der Waals surface area contributed by atoms with Gasteiger partial charge in [0.1, 0.15) is 5.82 Å². The zero-order valence-corrected chi connectivity index (χ0v) is 16.5. The third kappa shape index (κ3) is 3.23. The molecule has 27 heavy (non-hydrogen) atoms. The number of piperidine rings is 1. The molecule has 1 aromatic carbocycles. The molecule has 0 radical (unpaired) electrons. The molecule has 1 aromatic heterocycles. The summed E-state index contributed by atoms with van der Waals surface area (Å²) in [7, 11) is 5.69. The Hall–Kier alpha value is -2.34. The molecule has 1 fully saturated rings. The van der Waals surface area contributed by atoms with Crippen molar-refractivity contribution < 1.29 is 4.79 Å². The highest BCUT2D eigenvalue weighted by molar-refractivity contribution is 5.74. The summed E-state index contributed by atoms with van der Waals surface area (Å²) < 4.78 is 2.06. The van der Waals surface area contributed by atoms with Crippen molar-refractivity contribution in [1.82, 2.24) is 24.7 Å². The molecular weight excluding hydrogens is 338 g/mol. The Bertz CT molecular complexity index is 819. The van der Waals surface area contributed by atoms with Gasteiger partial charge in [-0.3, -0.25) is 0 Å². The Morgan fingerprint density at radius 2 is 2.04 bits per heavy atom. The number of carbonyl (C=O) groups excluding carboxylic acids is 1. The van der Waals surface area contributed by atoms with Gasteiger partial charge in [-0.05, 0) is 30.4 Å². The summed E-state index contributed by atoms with van der Waals surface area (Å²) in [5, 5.41) is 3.73. The lowest BCUT2D eigenvalue weighted by atomic mass is 9.73. The maximum absolute atomic E-state index is 12.3. The summed E-state index contributed by atoms with van der Waals surface area (Å²) in [6, 6.07) is 9.31. The standard InChI is InChI=1S/C21H29N5O/c1-24(2)20(27)26-11-8-21(9-12-26)14-18(16-6-4-5-7-17(16)21)23-15-19-22-10-13-25(19)3/h4-7,10,13,18,23H,8-9,11-12,14-15H2,1-3H3. The number of rotatable bonds is 3. The molecule has 144 valence electrons. The van der Waals surface area contributed by atoms with Crippen LogP contribution in [0.2, 0.25) is 0 Å². The monoisotopic (exact) mass is 367 g/mol. The molecule has 0 saturated carbocycles. The smallest absolute Gasteiger partial charge is 0.319 e. The quantitative estimate of drug-likeness (QED) is 0.907. The van der Waals surface area contributed by atoms with E-state index in [-0.39, 0.29) is 11.4 Å². The van der Waals surface area contributed by atoms with Crippen LogP contribution in [0.1, 0.15) is 42.3 Å². The van der Waals surface area contributed by atoms with Crippen LogP contribution in [-0.4, -0.2) is 52.6 Å². The van der Waals surface area contributed by atoms with Gasteiger partial charge in [-0.2, -0.15) is 0 Å². The fraction of sp³-hybridized carbons (Fsp3) is 0.524. The molecule has 1 aliphatic carbocycles. The molecule has 1 saturated heterocycles. The number of nitrogens with one attached hydrogen (secondary N) is 1. The minimum Gasteiger partial charge on any atom is -0.337 e. The Morgan fingerprint density at radius 3 is 2.70 bits per heavy atom. The zero-order valence-electron chi connectivity index (χ0n) is 16.5. The lowest BCUT2D eigenvalue weighted by Crippen LogP contribution is -2.48. The molecule has 2 amide bonds. The van der Waals surface area contributed by atoms with Gasteiger partial charge in [0.2, 0.25) is 0 Å². The minimum atomic E-state index is 0.126. The van der Waals surface area contributed by atoms with Gasteiger partial charge in [0, 0.05) is 58.1 Å². The fourth-order valence-corrected chi connectivity index (χ4v) is 4.74. The van der Waals surface area contributed by atoms with Crippen molar-refractivity contribution in [3.8, 4) is 0 Å². The van der Waals surface area contributed by atoms with Crippen molar-refractivity contribution in [2.24, 2.45) is 7.05 Å². The van der Waals surface area contributed by atoms with Gasteiger partial charge in [0.15, 0.2) is 0 Å². The molecule has 2 aliphatic rings. The Labute approximate surface area is 161 Å². The number of likely N-dealkylation sites (tertiary alicyclic amines) is 1. The molecule has 1 atom stereocenters. The van der Waals surface area contributed by atoms with E-state index in [4.69, 9.17) is 0 Å². The molecular formula is C21H29N5O. The number of fused-ring (bicyclic) bond motifs is 2. The maximum atomic E-state index is 12.3.